The van der Waals surface area contributed by atoms with Crippen LogP contribution in [-0.2, 0) is 0 Å². The molecule has 1 N–H and O–H groups in total. The molecule has 0 amide bonds. The Balaban J connectivity index is 3.17. The number of carboxylic acid groups (broad SMARTS) is 1. The number of carbonyl (C=O) groups is 1. The number of carboxylic acids is 1. The molecule has 0 radical (unpaired) electrons. The van der Waals surface area contributed by atoms with Gasteiger partial charge in [-0.2, -0.15) is 0 Å². The van der Waals surface area contributed by atoms with Crippen molar-refractivity contribution in [2.24, 2.45) is 0 Å². The largest absolute Gasteiger partial charge is 0.478 e. The number of thiophene rings is 1. The Morgan fingerprint density at radius 3 is 2.60 bits per heavy atom. The summed E-state index contributed by atoms with van der Waals surface area (Å²) in [5.74, 6) is -0.963. The summed E-state index contributed by atoms with van der Waals surface area (Å²) in [4.78, 5) is 10.4. The van der Waals surface area contributed by atoms with Gasteiger partial charge in [0, 0.05) is 5.38 Å². The van der Waals surface area contributed by atoms with Gasteiger partial charge >= 0.3 is 5.97 Å². The van der Waals surface area contributed by atoms with Crippen molar-refractivity contribution in [3.8, 4) is 0 Å². The van der Waals surface area contributed by atoms with Gasteiger partial charge < -0.3 is 5.11 Å². The van der Waals surface area contributed by atoms with Gasteiger partial charge in [0.15, 0.2) is 0 Å². The van der Waals surface area contributed by atoms with Gasteiger partial charge in [-0.15, -0.1) is 11.3 Å². The average Bonchev–Trinajstić information content (AvgIpc) is 2.14. The van der Waals surface area contributed by atoms with Crippen LogP contribution in [0, 0.1) is 0 Å². The fourth-order valence-corrected chi connectivity index (χ4v) is 2.07. The van der Waals surface area contributed by atoms with Crippen LogP contribution in [0.3, 0.4) is 0 Å². The fourth-order valence-electron chi connectivity index (χ4n) is 0.464. The first-order valence-electron chi connectivity index (χ1n) is 2.28. The number of aromatic carboxylic acids is 1. The summed E-state index contributed by atoms with van der Waals surface area (Å²) in [6.07, 6.45) is 0. The molecule has 0 saturated heterocycles. The second-order valence-corrected chi connectivity index (χ2v) is 3.82. The van der Waals surface area contributed by atoms with Crippen LogP contribution < -0.4 is 0 Å². The van der Waals surface area contributed by atoms with E-state index >= 15 is 0 Å². The van der Waals surface area contributed by atoms with Crippen LogP contribution >= 0.6 is 38.9 Å². The third kappa shape index (κ3) is 1.33. The fraction of sp³-hybridized carbons (Fsp3) is 0. The van der Waals surface area contributed by atoms with Crippen molar-refractivity contribution in [3.63, 3.8) is 0 Å². The molecule has 0 aliphatic carbocycles. The summed E-state index contributed by atoms with van der Waals surface area (Å²) < 4.78 is 0.934. The monoisotopic (exact) mass is 240 g/mol. The maximum Gasteiger partial charge on any atom is 0.337 e. The van der Waals surface area contributed by atoms with E-state index in [1.165, 1.54) is 16.7 Å². The van der Waals surface area contributed by atoms with Crippen LogP contribution in [0.4, 0.5) is 0 Å². The lowest BCUT2D eigenvalue weighted by Gasteiger charge is -1.86. The van der Waals surface area contributed by atoms with Crippen molar-refractivity contribution in [2.75, 3.05) is 0 Å². The van der Waals surface area contributed by atoms with E-state index in [0.717, 1.165) is 0 Å². The average molecular weight is 241 g/mol. The van der Waals surface area contributed by atoms with Crippen molar-refractivity contribution >= 4 is 44.8 Å². The Labute approximate surface area is 74.6 Å². The molecule has 0 aliphatic heterocycles. The summed E-state index contributed by atoms with van der Waals surface area (Å²) >= 11 is 9.83. The SMILES string of the molecule is O=C(O)c1csc(Cl)c1Br. The summed E-state index contributed by atoms with van der Waals surface area (Å²) in [6, 6.07) is 0. The van der Waals surface area contributed by atoms with E-state index in [1.54, 1.807) is 0 Å². The molecule has 5 heteroatoms. The van der Waals surface area contributed by atoms with Crippen molar-refractivity contribution in [1.29, 1.82) is 0 Å². The zero-order chi connectivity index (χ0) is 7.72. The minimum absolute atomic E-state index is 0.218. The quantitative estimate of drug-likeness (QED) is 0.821. The summed E-state index contributed by atoms with van der Waals surface area (Å²) in [5.41, 5.74) is 0.218. The zero-order valence-electron chi connectivity index (χ0n) is 4.60. The Morgan fingerprint density at radius 2 is 2.40 bits per heavy atom. The van der Waals surface area contributed by atoms with Crippen molar-refractivity contribution in [2.45, 2.75) is 0 Å². The van der Waals surface area contributed by atoms with E-state index < -0.39 is 5.97 Å². The van der Waals surface area contributed by atoms with Gasteiger partial charge in [0.2, 0.25) is 0 Å². The normalized spacial score (nSPS) is 9.80. The van der Waals surface area contributed by atoms with E-state index in [4.69, 9.17) is 16.7 Å². The highest BCUT2D eigenvalue weighted by atomic mass is 79.9. The second kappa shape index (κ2) is 2.90. The Bertz CT molecular complexity index is 271. The lowest BCUT2D eigenvalue weighted by atomic mass is 10.4. The highest BCUT2D eigenvalue weighted by Gasteiger charge is 2.12. The van der Waals surface area contributed by atoms with Gasteiger partial charge in [0.05, 0.1) is 10.0 Å². The van der Waals surface area contributed by atoms with Gasteiger partial charge in [-0.1, -0.05) is 11.6 Å². The zero-order valence-corrected chi connectivity index (χ0v) is 7.76. The highest BCUT2D eigenvalue weighted by molar-refractivity contribution is 9.10. The first kappa shape index (κ1) is 8.04. The molecule has 1 heterocycles. The molecule has 0 bridgehead atoms. The third-order valence-electron chi connectivity index (χ3n) is 0.920. The standard InChI is InChI=1S/C5H2BrClO2S/c6-3-2(5(8)9)1-10-4(3)7/h1H,(H,8,9). The number of hydrogen-bond donors (Lipinski definition) is 1. The molecule has 0 saturated carbocycles. The van der Waals surface area contributed by atoms with E-state index in [0.29, 0.717) is 8.81 Å². The lowest BCUT2D eigenvalue weighted by molar-refractivity contribution is 0.0696. The summed E-state index contributed by atoms with van der Waals surface area (Å²) in [7, 11) is 0. The molecule has 1 aromatic rings. The number of hydrogen-bond acceptors (Lipinski definition) is 2. The van der Waals surface area contributed by atoms with Crippen molar-refractivity contribution in [3.05, 3.63) is 19.8 Å². The van der Waals surface area contributed by atoms with E-state index in [9.17, 15) is 4.79 Å². The van der Waals surface area contributed by atoms with Gasteiger partial charge in [0.25, 0.3) is 0 Å². The van der Waals surface area contributed by atoms with Gasteiger partial charge in [-0.25, -0.2) is 4.79 Å². The summed E-state index contributed by atoms with van der Waals surface area (Å²) in [5, 5.41) is 9.99. The molecule has 0 unspecified atom stereocenters. The Hall–Kier alpha value is -0.0600. The molecule has 54 valence electrons. The summed E-state index contributed by atoms with van der Waals surface area (Å²) in [6.45, 7) is 0. The molecule has 1 rings (SSSR count). The van der Waals surface area contributed by atoms with Gasteiger partial charge in [0.1, 0.15) is 4.34 Å². The molecule has 10 heavy (non-hydrogen) atoms. The number of rotatable bonds is 1. The molecule has 0 spiro atoms. The topological polar surface area (TPSA) is 37.3 Å². The predicted octanol–water partition coefficient (Wildman–Crippen LogP) is 2.86. The minimum atomic E-state index is -0.963. The molecule has 1 aromatic heterocycles. The van der Waals surface area contributed by atoms with E-state index in [1.807, 2.05) is 0 Å². The lowest BCUT2D eigenvalue weighted by Crippen LogP contribution is -1.93. The third-order valence-corrected chi connectivity index (χ3v) is 3.45. The minimum Gasteiger partial charge on any atom is -0.478 e. The smallest absolute Gasteiger partial charge is 0.337 e. The van der Waals surface area contributed by atoms with Crippen LogP contribution in [0.15, 0.2) is 9.85 Å². The maximum absolute atomic E-state index is 10.4. The Morgan fingerprint density at radius 1 is 1.80 bits per heavy atom. The first-order valence-corrected chi connectivity index (χ1v) is 4.33. The first-order chi connectivity index (χ1) is 4.63. The predicted molar refractivity (Wildman–Crippen MR) is 44.0 cm³/mol. The van der Waals surface area contributed by atoms with Crippen molar-refractivity contribution in [1.82, 2.24) is 0 Å². The maximum atomic E-state index is 10.4. The highest BCUT2D eigenvalue weighted by Crippen LogP contribution is 2.32. The Kier molecular flexibility index (Phi) is 2.33. The van der Waals surface area contributed by atoms with Crippen LogP contribution in [0.2, 0.25) is 4.34 Å². The molecule has 0 fully saturated rings. The van der Waals surface area contributed by atoms with Crippen LogP contribution in [0.5, 0.6) is 0 Å². The molecular weight excluding hydrogens is 239 g/mol. The van der Waals surface area contributed by atoms with E-state index in [2.05, 4.69) is 15.9 Å². The van der Waals surface area contributed by atoms with Gasteiger partial charge in [-0.3, -0.25) is 0 Å². The number of halogens is 2. The van der Waals surface area contributed by atoms with Crippen molar-refractivity contribution < 1.29 is 9.90 Å². The van der Waals surface area contributed by atoms with Crippen LogP contribution in [0.25, 0.3) is 0 Å². The molecule has 0 aliphatic rings. The van der Waals surface area contributed by atoms with E-state index in [-0.39, 0.29) is 5.56 Å². The van der Waals surface area contributed by atoms with Crippen LogP contribution in [-0.4, -0.2) is 11.1 Å². The molecule has 0 aromatic carbocycles. The molecule has 2 nitrogen and oxygen atoms in total. The second-order valence-electron chi connectivity index (χ2n) is 1.54. The molecule has 0 atom stereocenters. The van der Waals surface area contributed by atoms with Gasteiger partial charge in [-0.05, 0) is 15.9 Å². The molecular formula is C5H2BrClO2S. The van der Waals surface area contributed by atoms with Crippen LogP contribution in [0.1, 0.15) is 10.4 Å².